The van der Waals surface area contributed by atoms with Gasteiger partial charge in [0, 0.05) is 5.41 Å². The minimum Gasteiger partial charge on any atom is -0.362 e. The van der Waals surface area contributed by atoms with Gasteiger partial charge in [-0.1, -0.05) is 32.1 Å². The van der Waals surface area contributed by atoms with Crippen molar-refractivity contribution in [3.8, 4) is 0 Å². The summed E-state index contributed by atoms with van der Waals surface area (Å²) in [5.41, 5.74) is -0.201. The van der Waals surface area contributed by atoms with Gasteiger partial charge in [0.2, 0.25) is 5.13 Å². The van der Waals surface area contributed by atoms with Crippen LogP contribution in [0.2, 0.25) is 0 Å². The molecule has 1 rings (SSSR count). The molecule has 0 radical (unpaired) electrons. The second-order valence-electron chi connectivity index (χ2n) is 4.82. The molecule has 0 fully saturated rings. The maximum atomic E-state index is 11.8. The van der Waals surface area contributed by atoms with Crippen LogP contribution < -0.4 is 5.32 Å². The number of hydrogen-bond acceptors (Lipinski definition) is 5. The van der Waals surface area contributed by atoms with Crippen LogP contribution in [0.1, 0.15) is 25.8 Å². The minimum absolute atomic E-state index is 0.201. The molecule has 19 heavy (non-hydrogen) atoms. The Labute approximate surface area is 112 Å². The molecule has 1 amide bonds. The van der Waals surface area contributed by atoms with Gasteiger partial charge in [0.25, 0.3) is 5.91 Å². The molecule has 0 aliphatic carbocycles. The lowest BCUT2D eigenvalue weighted by atomic mass is 9.98. The number of aromatic nitrogens is 2. The zero-order valence-electron chi connectivity index (χ0n) is 10.7. The first-order chi connectivity index (χ1) is 8.58. The molecule has 1 heterocycles. The predicted octanol–water partition coefficient (Wildman–Crippen LogP) is 2.35. The van der Waals surface area contributed by atoms with Gasteiger partial charge in [-0.05, 0) is 0 Å². The zero-order valence-corrected chi connectivity index (χ0v) is 11.5. The quantitative estimate of drug-likeness (QED) is 0.926. The third-order valence-electron chi connectivity index (χ3n) is 1.81. The third-order valence-corrected chi connectivity index (χ3v) is 3.08. The highest BCUT2D eigenvalue weighted by Crippen LogP contribution is 2.27. The molecule has 0 bridgehead atoms. The van der Waals surface area contributed by atoms with Crippen molar-refractivity contribution >= 4 is 22.4 Å². The van der Waals surface area contributed by atoms with Gasteiger partial charge in [-0.2, -0.15) is 13.2 Å². The van der Waals surface area contributed by atoms with Crippen molar-refractivity contribution in [3.05, 3.63) is 5.01 Å². The highest BCUT2D eigenvalue weighted by Gasteiger charge is 2.28. The predicted molar refractivity (Wildman–Crippen MR) is 64.1 cm³/mol. The van der Waals surface area contributed by atoms with Gasteiger partial charge < -0.3 is 4.74 Å². The van der Waals surface area contributed by atoms with Crippen molar-refractivity contribution < 1.29 is 22.7 Å². The normalized spacial score (nSPS) is 12.5. The number of carbonyl (C=O) groups is 1. The van der Waals surface area contributed by atoms with Gasteiger partial charge in [0.05, 0.1) is 0 Å². The Morgan fingerprint density at radius 2 is 1.95 bits per heavy atom. The molecule has 0 aliphatic heterocycles. The van der Waals surface area contributed by atoms with Crippen molar-refractivity contribution in [3.63, 3.8) is 0 Å². The van der Waals surface area contributed by atoms with Crippen LogP contribution in [0.5, 0.6) is 0 Å². The van der Waals surface area contributed by atoms with E-state index in [4.69, 9.17) is 0 Å². The van der Waals surface area contributed by atoms with Crippen LogP contribution in [0.25, 0.3) is 0 Å². The van der Waals surface area contributed by atoms with Gasteiger partial charge in [0.15, 0.2) is 0 Å². The zero-order chi connectivity index (χ0) is 14.7. The first-order valence-electron chi connectivity index (χ1n) is 5.36. The first-order valence-corrected chi connectivity index (χ1v) is 6.18. The Hall–Kier alpha value is -1.22. The van der Waals surface area contributed by atoms with E-state index in [1.807, 2.05) is 20.8 Å². The SMILES string of the molecule is CC(C)(C)c1nnc(NC(=O)COCC(F)(F)F)s1. The summed E-state index contributed by atoms with van der Waals surface area (Å²) in [6.07, 6.45) is -4.44. The van der Waals surface area contributed by atoms with Crippen molar-refractivity contribution in [1.82, 2.24) is 10.2 Å². The van der Waals surface area contributed by atoms with Crippen molar-refractivity contribution in [2.24, 2.45) is 0 Å². The number of carbonyl (C=O) groups excluding carboxylic acids is 1. The lowest BCUT2D eigenvalue weighted by Crippen LogP contribution is -2.23. The molecule has 0 saturated carbocycles. The molecule has 1 aromatic rings. The fourth-order valence-electron chi connectivity index (χ4n) is 0.992. The van der Waals surface area contributed by atoms with Gasteiger partial charge >= 0.3 is 6.18 Å². The van der Waals surface area contributed by atoms with Crippen LogP contribution in [0.3, 0.4) is 0 Å². The van der Waals surface area contributed by atoms with E-state index in [1.54, 1.807) is 0 Å². The average molecular weight is 297 g/mol. The minimum atomic E-state index is -4.44. The Kier molecular flexibility index (Phi) is 4.86. The van der Waals surface area contributed by atoms with Crippen LogP contribution in [0, 0.1) is 0 Å². The lowest BCUT2D eigenvalue weighted by molar-refractivity contribution is -0.174. The summed E-state index contributed by atoms with van der Waals surface area (Å²) in [4.78, 5) is 11.3. The standard InChI is InChI=1S/C10H14F3N3O2S/c1-9(2,3)7-15-16-8(19-7)14-6(17)4-18-5-10(11,12)13/h4-5H2,1-3H3,(H,14,16,17). The van der Waals surface area contributed by atoms with E-state index in [0.717, 1.165) is 5.01 Å². The number of anilines is 1. The topological polar surface area (TPSA) is 64.1 Å². The maximum absolute atomic E-state index is 11.8. The lowest BCUT2D eigenvalue weighted by Gasteiger charge is -2.12. The van der Waals surface area contributed by atoms with Crippen LogP contribution in [-0.2, 0) is 14.9 Å². The van der Waals surface area contributed by atoms with Crippen LogP contribution in [0.15, 0.2) is 0 Å². The smallest absolute Gasteiger partial charge is 0.362 e. The van der Waals surface area contributed by atoms with E-state index in [0.29, 0.717) is 0 Å². The largest absolute Gasteiger partial charge is 0.411 e. The molecule has 5 nitrogen and oxygen atoms in total. The summed E-state index contributed by atoms with van der Waals surface area (Å²) in [5, 5.41) is 10.9. The molecule has 0 unspecified atom stereocenters. The number of hydrogen-bond donors (Lipinski definition) is 1. The van der Waals surface area contributed by atoms with Gasteiger partial charge in [-0.15, -0.1) is 10.2 Å². The highest BCUT2D eigenvalue weighted by atomic mass is 32.1. The summed E-state index contributed by atoms with van der Waals surface area (Å²) < 4.78 is 39.6. The molecule has 0 saturated heterocycles. The summed E-state index contributed by atoms with van der Waals surface area (Å²) >= 11 is 1.18. The molecule has 0 aromatic carbocycles. The van der Waals surface area contributed by atoms with Gasteiger partial charge in [-0.3, -0.25) is 10.1 Å². The van der Waals surface area contributed by atoms with Crippen LogP contribution in [-0.4, -0.2) is 35.5 Å². The second-order valence-corrected chi connectivity index (χ2v) is 5.80. The number of ether oxygens (including phenoxy) is 1. The van der Waals surface area contributed by atoms with Crippen LogP contribution in [0.4, 0.5) is 18.3 Å². The number of rotatable bonds is 4. The molecule has 0 spiro atoms. The van der Waals surface area contributed by atoms with Gasteiger partial charge in [0.1, 0.15) is 18.2 Å². The number of halogens is 3. The number of amides is 1. The van der Waals surface area contributed by atoms with E-state index in [2.05, 4.69) is 20.3 Å². The third kappa shape index (κ3) is 5.97. The van der Waals surface area contributed by atoms with Crippen molar-refractivity contribution in [1.29, 1.82) is 0 Å². The Bertz CT molecular complexity index is 440. The summed E-state index contributed by atoms with van der Waals surface area (Å²) in [7, 11) is 0. The van der Waals surface area contributed by atoms with Crippen LogP contribution >= 0.6 is 11.3 Å². The Morgan fingerprint density at radius 3 is 2.42 bits per heavy atom. The molecular weight excluding hydrogens is 283 g/mol. The Balaban J connectivity index is 2.43. The summed E-state index contributed by atoms with van der Waals surface area (Å²) in [6, 6.07) is 0. The molecule has 0 aliphatic rings. The average Bonchev–Trinajstić information content (AvgIpc) is 2.63. The molecule has 108 valence electrons. The van der Waals surface area contributed by atoms with E-state index in [-0.39, 0.29) is 10.5 Å². The molecule has 0 atom stereocenters. The van der Waals surface area contributed by atoms with E-state index in [9.17, 15) is 18.0 Å². The molecular formula is C10H14F3N3O2S. The monoisotopic (exact) mass is 297 g/mol. The second kappa shape index (κ2) is 5.83. The molecule has 1 N–H and O–H groups in total. The molecule has 1 aromatic heterocycles. The van der Waals surface area contributed by atoms with E-state index in [1.165, 1.54) is 11.3 Å². The van der Waals surface area contributed by atoms with E-state index < -0.39 is 25.3 Å². The number of nitrogens with zero attached hydrogens (tertiary/aromatic N) is 2. The van der Waals surface area contributed by atoms with Gasteiger partial charge in [-0.25, -0.2) is 0 Å². The Morgan fingerprint density at radius 1 is 1.32 bits per heavy atom. The summed E-state index contributed by atoms with van der Waals surface area (Å²) in [6.45, 7) is 3.68. The molecule has 9 heteroatoms. The fraction of sp³-hybridized carbons (Fsp3) is 0.700. The summed E-state index contributed by atoms with van der Waals surface area (Å²) in [5.74, 6) is -0.694. The van der Waals surface area contributed by atoms with Crippen molar-refractivity contribution in [2.75, 3.05) is 18.5 Å². The van der Waals surface area contributed by atoms with Crippen molar-refractivity contribution in [2.45, 2.75) is 32.4 Å². The first kappa shape index (κ1) is 15.8. The van der Waals surface area contributed by atoms with E-state index >= 15 is 0 Å². The number of alkyl halides is 3. The maximum Gasteiger partial charge on any atom is 0.411 e. The fourth-order valence-corrected chi connectivity index (χ4v) is 1.81. The number of nitrogens with one attached hydrogen (secondary N) is 1. The highest BCUT2D eigenvalue weighted by molar-refractivity contribution is 7.15.